The van der Waals surface area contributed by atoms with E-state index in [-0.39, 0.29) is 19.0 Å². The van der Waals surface area contributed by atoms with Gasteiger partial charge in [-0.1, -0.05) is 0 Å². The van der Waals surface area contributed by atoms with Gasteiger partial charge in [0.25, 0.3) is 0 Å². The molecule has 1 aliphatic heterocycles. The molecule has 2 heterocycles. The van der Waals surface area contributed by atoms with Crippen LogP contribution in [-0.4, -0.2) is 41.5 Å². The zero-order valence-electron chi connectivity index (χ0n) is 10.9. The Morgan fingerprint density at radius 2 is 2.29 bits per heavy atom. The number of ether oxygens (including phenoxy) is 1. The van der Waals surface area contributed by atoms with Gasteiger partial charge in [0.15, 0.2) is 0 Å². The fourth-order valence-corrected chi connectivity index (χ4v) is 1.82. The minimum Gasteiger partial charge on any atom is -0.386 e. The van der Waals surface area contributed by atoms with Crippen LogP contribution in [0, 0.1) is 0 Å². The largest absolute Gasteiger partial charge is 0.416 e. The number of halogens is 3. The second-order valence-electron chi connectivity index (χ2n) is 4.76. The number of urea groups is 1. The highest BCUT2D eigenvalue weighted by Crippen LogP contribution is 2.29. The van der Waals surface area contributed by atoms with Gasteiger partial charge in [-0.3, -0.25) is 5.32 Å². The molecule has 1 aromatic heterocycles. The number of anilines is 1. The summed E-state index contributed by atoms with van der Waals surface area (Å²) in [5.41, 5.74) is -2.05. The Bertz CT molecular complexity index is 516. The predicted octanol–water partition coefficient (Wildman–Crippen LogP) is 1.37. The highest BCUT2D eigenvalue weighted by atomic mass is 19.4. The van der Waals surface area contributed by atoms with E-state index in [2.05, 4.69) is 15.6 Å². The molecule has 1 aromatic rings. The van der Waals surface area contributed by atoms with Crippen LogP contribution in [0.3, 0.4) is 0 Å². The molecule has 9 heteroatoms. The summed E-state index contributed by atoms with van der Waals surface area (Å²) < 4.78 is 42.5. The van der Waals surface area contributed by atoms with Crippen LogP contribution in [0.5, 0.6) is 0 Å². The van der Waals surface area contributed by atoms with Gasteiger partial charge in [-0.15, -0.1) is 0 Å². The van der Waals surface area contributed by atoms with Crippen LogP contribution in [-0.2, 0) is 10.9 Å². The Hall–Kier alpha value is -1.87. The number of nitrogens with zero attached hydrogens (tertiary/aromatic N) is 1. The Morgan fingerprint density at radius 3 is 2.90 bits per heavy atom. The number of alkyl halides is 3. The number of amides is 2. The minimum absolute atomic E-state index is 0.0577. The fraction of sp³-hybridized carbons (Fsp3) is 0.500. The van der Waals surface area contributed by atoms with Crippen molar-refractivity contribution in [2.45, 2.75) is 18.2 Å². The summed E-state index contributed by atoms with van der Waals surface area (Å²) >= 11 is 0. The molecule has 0 spiro atoms. The van der Waals surface area contributed by atoms with Crippen LogP contribution < -0.4 is 10.6 Å². The molecule has 1 fully saturated rings. The maximum Gasteiger partial charge on any atom is 0.416 e. The van der Waals surface area contributed by atoms with Gasteiger partial charge in [-0.25, -0.2) is 9.78 Å². The molecular weight excluding hydrogens is 291 g/mol. The number of rotatable bonds is 3. The molecule has 1 atom stereocenters. The summed E-state index contributed by atoms with van der Waals surface area (Å²) in [6.07, 6.45) is -3.17. The first-order chi connectivity index (χ1) is 9.78. The SMILES string of the molecule is O=C(NCC1(O)CCOC1)Nc1cc(C(F)(F)F)ccn1. The van der Waals surface area contributed by atoms with Crippen molar-refractivity contribution in [1.29, 1.82) is 0 Å². The van der Waals surface area contributed by atoms with Crippen molar-refractivity contribution < 1.29 is 27.8 Å². The summed E-state index contributed by atoms with van der Waals surface area (Å²) in [5.74, 6) is -0.225. The molecule has 21 heavy (non-hydrogen) atoms. The Labute approximate surface area is 118 Å². The molecular formula is C12H14F3N3O3. The van der Waals surface area contributed by atoms with E-state index in [0.29, 0.717) is 13.0 Å². The van der Waals surface area contributed by atoms with Gasteiger partial charge in [0, 0.05) is 19.2 Å². The smallest absolute Gasteiger partial charge is 0.386 e. The molecule has 3 N–H and O–H groups in total. The van der Waals surface area contributed by atoms with Crippen LogP contribution in [0.2, 0.25) is 0 Å². The predicted molar refractivity (Wildman–Crippen MR) is 66.6 cm³/mol. The van der Waals surface area contributed by atoms with Crippen molar-refractivity contribution in [3.05, 3.63) is 23.9 Å². The molecule has 116 valence electrons. The van der Waals surface area contributed by atoms with Gasteiger partial charge >= 0.3 is 12.2 Å². The third-order valence-corrected chi connectivity index (χ3v) is 2.99. The van der Waals surface area contributed by atoms with E-state index in [0.717, 1.165) is 18.3 Å². The van der Waals surface area contributed by atoms with E-state index < -0.39 is 23.4 Å². The normalized spacial score (nSPS) is 22.1. The lowest BCUT2D eigenvalue weighted by Gasteiger charge is -2.20. The van der Waals surface area contributed by atoms with Gasteiger partial charge in [0.2, 0.25) is 0 Å². The lowest BCUT2D eigenvalue weighted by atomic mass is 10.0. The first-order valence-corrected chi connectivity index (χ1v) is 6.17. The summed E-state index contributed by atoms with van der Waals surface area (Å²) in [6, 6.07) is 0.788. The number of pyridine rings is 1. The van der Waals surface area contributed by atoms with E-state index in [1.807, 2.05) is 0 Å². The summed E-state index contributed by atoms with van der Waals surface area (Å²) in [6.45, 7) is 0.446. The summed E-state index contributed by atoms with van der Waals surface area (Å²) in [4.78, 5) is 15.2. The Kier molecular flexibility index (Phi) is 4.33. The Balaban J connectivity index is 1.91. The molecule has 0 bridgehead atoms. The van der Waals surface area contributed by atoms with E-state index >= 15 is 0 Å². The molecule has 1 unspecified atom stereocenters. The maximum absolute atomic E-state index is 12.5. The molecule has 0 saturated carbocycles. The number of aromatic nitrogens is 1. The standard InChI is InChI=1S/C12H14F3N3O3/c13-12(14,15)8-1-3-16-9(5-8)18-10(19)17-6-11(20)2-4-21-7-11/h1,3,5,20H,2,4,6-7H2,(H2,16,17,18,19). The maximum atomic E-state index is 12.5. The van der Waals surface area contributed by atoms with E-state index in [9.17, 15) is 23.1 Å². The number of carbonyl (C=O) groups excluding carboxylic acids is 1. The molecule has 2 rings (SSSR count). The fourth-order valence-electron chi connectivity index (χ4n) is 1.82. The summed E-state index contributed by atoms with van der Waals surface area (Å²) in [7, 11) is 0. The van der Waals surface area contributed by atoms with Crippen molar-refractivity contribution in [2.75, 3.05) is 25.1 Å². The quantitative estimate of drug-likeness (QED) is 0.787. The van der Waals surface area contributed by atoms with Gasteiger partial charge in [0.05, 0.1) is 18.7 Å². The molecule has 0 radical (unpaired) electrons. The van der Waals surface area contributed by atoms with Crippen molar-refractivity contribution in [3.63, 3.8) is 0 Å². The topological polar surface area (TPSA) is 83.5 Å². The lowest BCUT2D eigenvalue weighted by Crippen LogP contribution is -2.44. The van der Waals surface area contributed by atoms with Crippen LogP contribution in [0.15, 0.2) is 18.3 Å². The molecule has 2 amide bonds. The number of carbonyl (C=O) groups is 1. The van der Waals surface area contributed by atoms with E-state index in [4.69, 9.17) is 4.74 Å². The first kappa shape index (κ1) is 15.5. The summed E-state index contributed by atoms with van der Waals surface area (Å²) in [5, 5.41) is 14.5. The second kappa shape index (κ2) is 5.86. The number of aliphatic hydroxyl groups is 1. The molecule has 0 aromatic carbocycles. The van der Waals surface area contributed by atoms with Crippen LogP contribution in [0.1, 0.15) is 12.0 Å². The number of nitrogens with one attached hydrogen (secondary N) is 2. The van der Waals surface area contributed by atoms with Crippen molar-refractivity contribution in [3.8, 4) is 0 Å². The highest BCUT2D eigenvalue weighted by molar-refractivity contribution is 5.88. The third kappa shape index (κ3) is 4.30. The molecule has 0 aliphatic carbocycles. The zero-order chi connectivity index (χ0) is 15.5. The minimum atomic E-state index is -4.51. The van der Waals surface area contributed by atoms with Crippen molar-refractivity contribution in [1.82, 2.24) is 10.3 Å². The Morgan fingerprint density at radius 1 is 1.52 bits per heavy atom. The molecule has 1 aliphatic rings. The van der Waals surface area contributed by atoms with Gasteiger partial charge < -0.3 is 15.2 Å². The average molecular weight is 305 g/mol. The van der Waals surface area contributed by atoms with Gasteiger partial charge in [-0.2, -0.15) is 13.2 Å². The van der Waals surface area contributed by atoms with E-state index in [1.165, 1.54) is 0 Å². The molecule has 1 saturated heterocycles. The van der Waals surface area contributed by atoms with Crippen molar-refractivity contribution >= 4 is 11.8 Å². The van der Waals surface area contributed by atoms with Crippen molar-refractivity contribution in [2.24, 2.45) is 0 Å². The van der Waals surface area contributed by atoms with Crippen LogP contribution in [0.4, 0.5) is 23.8 Å². The lowest BCUT2D eigenvalue weighted by molar-refractivity contribution is -0.137. The van der Waals surface area contributed by atoms with Crippen LogP contribution in [0.25, 0.3) is 0 Å². The third-order valence-electron chi connectivity index (χ3n) is 2.99. The van der Waals surface area contributed by atoms with Crippen LogP contribution >= 0.6 is 0 Å². The monoisotopic (exact) mass is 305 g/mol. The van der Waals surface area contributed by atoms with E-state index in [1.54, 1.807) is 0 Å². The second-order valence-corrected chi connectivity index (χ2v) is 4.76. The van der Waals surface area contributed by atoms with Gasteiger partial charge in [-0.05, 0) is 12.1 Å². The average Bonchev–Trinajstić information content (AvgIpc) is 2.83. The molecule has 6 nitrogen and oxygen atoms in total. The number of hydrogen-bond donors (Lipinski definition) is 3. The highest BCUT2D eigenvalue weighted by Gasteiger charge is 2.33. The first-order valence-electron chi connectivity index (χ1n) is 6.17. The van der Waals surface area contributed by atoms with Gasteiger partial charge in [0.1, 0.15) is 11.4 Å². The number of hydrogen-bond acceptors (Lipinski definition) is 4. The zero-order valence-corrected chi connectivity index (χ0v) is 10.9.